The molecule has 1 atom stereocenters. The second kappa shape index (κ2) is 9.29. The molecule has 1 fully saturated rings. The summed E-state index contributed by atoms with van der Waals surface area (Å²) in [7, 11) is 0. The van der Waals surface area contributed by atoms with E-state index in [1.54, 1.807) is 0 Å². The zero-order chi connectivity index (χ0) is 20.1. The van der Waals surface area contributed by atoms with E-state index in [1.165, 1.54) is 11.1 Å². The van der Waals surface area contributed by atoms with Gasteiger partial charge < -0.3 is 19.9 Å². The van der Waals surface area contributed by atoms with Crippen LogP contribution < -0.4 is 14.8 Å². The third-order valence-electron chi connectivity index (χ3n) is 5.56. The first kappa shape index (κ1) is 19.7. The number of likely N-dealkylation sites (tertiary alicyclic amines) is 1. The van der Waals surface area contributed by atoms with Gasteiger partial charge in [0.25, 0.3) is 0 Å². The number of hydrogen-bond donors (Lipinski definition) is 2. The molecule has 1 unspecified atom stereocenters. The fourth-order valence-corrected chi connectivity index (χ4v) is 3.97. The maximum Gasteiger partial charge on any atom is 0.245 e. The van der Waals surface area contributed by atoms with Crippen molar-refractivity contribution in [1.82, 2.24) is 10.2 Å². The molecule has 29 heavy (non-hydrogen) atoms. The summed E-state index contributed by atoms with van der Waals surface area (Å²) in [5.74, 6) is 1.35. The Morgan fingerprint density at radius 1 is 1.03 bits per heavy atom. The zero-order valence-electron chi connectivity index (χ0n) is 16.5. The molecule has 0 aliphatic carbocycles. The fourth-order valence-electron chi connectivity index (χ4n) is 3.97. The minimum atomic E-state index is -0.433. The molecule has 1 saturated heterocycles. The quantitative estimate of drug-likeness (QED) is 0.783. The summed E-state index contributed by atoms with van der Waals surface area (Å²) >= 11 is 0. The molecule has 1 amide bonds. The molecule has 2 aliphatic heterocycles. The molecule has 0 aromatic heterocycles. The minimum absolute atomic E-state index is 0.0314. The number of aliphatic hydroxyl groups is 1. The lowest BCUT2D eigenvalue weighted by molar-refractivity contribution is -0.124. The van der Waals surface area contributed by atoms with E-state index in [0.717, 1.165) is 50.4 Å². The zero-order valence-corrected chi connectivity index (χ0v) is 16.5. The Kier molecular flexibility index (Phi) is 6.32. The van der Waals surface area contributed by atoms with Gasteiger partial charge in [0.05, 0.1) is 0 Å². The van der Waals surface area contributed by atoms with Crippen molar-refractivity contribution in [3.05, 3.63) is 59.7 Å². The van der Waals surface area contributed by atoms with Crippen LogP contribution in [0.2, 0.25) is 0 Å². The van der Waals surface area contributed by atoms with Gasteiger partial charge in [-0.2, -0.15) is 0 Å². The number of rotatable bonds is 6. The Bertz CT molecular complexity index is 816. The monoisotopic (exact) mass is 396 g/mol. The van der Waals surface area contributed by atoms with E-state index in [0.29, 0.717) is 6.61 Å². The van der Waals surface area contributed by atoms with Crippen LogP contribution in [-0.2, 0) is 17.8 Å². The van der Waals surface area contributed by atoms with Crippen molar-refractivity contribution < 1.29 is 19.4 Å². The summed E-state index contributed by atoms with van der Waals surface area (Å²) in [6, 6.07) is 16.7. The molecule has 6 heteroatoms. The maximum absolute atomic E-state index is 11.3. The van der Waals surface area contributed by atoms with Crippen molar-refractivity contribution in [2.45, 2.75) is 38.0 Å². The number of nitrogens with one attached hydrogen (secondary N) is 1. The van der Waals surface area contributed by atoms with Gasteiger partial charge in [-0.25, -0.2) is 0 Å². The molecule has 0 radical (unpaired) electrons. The molecule has 2 aromatic rings. The number of carbonyl (C=O) groups is 1. The summed E-state index contributed by atoms with van der Waals surface area (Å²) in [6.07, 6.45) is 2.70. The Hall–Kier alpha value is -2.57. The van der Waals surface area contributed by atoms with Crippen LogP contribution in [-0.4, -0.2) is 54.4 Å². The van der Waals surface area contributed by atoms with Gasteiger partial charge in [0.15, 0.2) is 11.5 Å². The third-order valence-corrected chi connectivity index (χ3v) is 5.56. The molecule has 0 saturated carbocycles. The van der Waals surface area contributed by atoms with Crippen LogP contribution >= 0.6 is 0 Å². The number of fused-ring (bicyclic) bond motifs is 1. The lowest BCUT2D eigenvalue weighted by Gasteiger charge is -2.32. The number of piperidine rings is 1. The van der Waals surface area contributed by atoms with Gasteiger partial charge in [0.1, 0.15) is 19.3 Å². The highest BCUT2D eigenvalue weighted by molar-refractivity contribution is 5.77. The molecule has 2 aliphatic rings. The minimum Gasteiger partial charge on any atom is -0.486 e. The predicted octanol–water partition coefficient (Wildman–Crippen LogP) is 2.14. The number of amides is 1. The summed E-state index contributed by atoms with van der Waals surface area (Å²) in [6.45, 7) is 2.95. The topological polar surface area (TPSA) is 71.0 Å². The van der Waals surface area contributed by atoms with Gasteiger partial charge in [-0.3, -0.25) is 9.69 Å². The van der Waals surface area contributed by atoms with Crippen LogP contribution in [0.25, 0.3) is 0 Å². The molecular formula is C23H28N2O4. The lowest BCUT2D eigenvalue weighted by Crippen LogP contribution is -2.45. The number of aliphatic hydroxyl groups excluding tert-OH is 1. The molecule has 6 nitrogen and oxygen atoms in total. The first-order chi connectivity index (χ1) is 14.2. The van der Waals surface area contributed by atoms with Crippen molar-refractivity contribution in [2.75, 3.05) is 26.3 Å². The van der Waals surface area contributed by atoms with Gasteiger partial charge in [-0.1, -0.05) is 36.4 Å². The van der Waals surface area contributed by atoms with Crippen LogP contribution in [0.15, 0.2) is 48.5 Å². The van der Waals surface area contributed by atoms with Crippen LogP contribution in [0.1, 0.15) is 24.0 Å². The van der Waals surface area contributed by atoms with Crippen LogP contribution in [0.4, 0.5) is 0 Å². The number of hydrogen-bond acceptors (Lipinski definition) is 5. The highest BCUT2D eigenvalue weighted by Crippen LogP contribution is 2.31. The highest BCUT2D eigenvalue weighted by atomic mass is 16.6. The van der Waals surface area contributed by atoms with Crippen molar-refractivity contribution in [1.29, 1.82) is 0 Å². The smallest absolute Gasteiger partial charge is 0.245 e. The van der Waals surface area contributed by atoms with Crippen molar-refractivity contribution in [3.8, 4) is 11.5 Å². The molecule has 0 bridgehead atoms. The highest BCUT2D eigenvalue weighted by Gasteiger charge is 2.22. The number of benzene rings is 2. The van der Waals surface area contributed by atoms with Gasteiger partial charge in [0.2, 0.25) is 5.91 Å². The van der Waals surface area contributed by atoms with E-state index in [2.05, 4.69) is 34.5 Å². The fraction of sp³-hybridized carbons (Fsp3) is 0.435. The van der Waals surface area contributed by atoms with E-state index in [4.69, 9.17) is 14.6 Å². The molecule has 4 rings (SSSR count). The molecule has 2 heterocycles. The second-order valence-corrected chi connectivity index (χ2v) is 7.79. The first-order valence-electron chi connectivity index (χ1n) is 10.3. The molecule has 2 aromatic carbocycles. The Morgan fingerprint density at radius 3 is 2.45 bits per heavy atom. The van der Waals surface area contributed by atoms with Crippen molar-refractivity contribution in [3.63, 3.8) is 0 Å². The van der Waals surface area contributed by atoms with E-state index in [-0.39, 0.29) is 18.1 Å². The molecule has 0 spiro atoms. The number of carbonyl (C=O) groups excluding carboxylic acids is 1. The summed E-state index contributed by atoms with van der Waals surface area (Å²) in [5.41, 5.74) is 2.53. The largest absolute Gasteiger partial charge is 0.486 e. The number of para-hydroxylation sites is 2. The van der Waals surface area contributed by atoms with Crippen LogP contribution in [0.3, 0.4) is 0 Å². The average molecular weight is 396 g/mol. The Morgan fingerprint density at radius 2 is 1.72 bits per heavy atom. The number of ether oxygens (including phenoxy) is 2. The number of nitrogens with zero attached hydrogens (tertiary/aromatic N) is 1. The van der Waals surface area contributed by atoms with E-state index in [1.807, 2.05) is 24.3 Å². The third kappa shape index (κ3) is 5.28. The summed E-state index contributed by atoms with van der Waals surface area (Å²) < 4.78 is 11.9. The molecular weight excluding hydrogens is 368 g/mol. The van der Waals surface area contributed by atoms with E-state index in [9.17, 15) is 4.79 Å². The van der Waals surface area contributed by atoms with Crippen LogP contribution in [0.5, 0.6) is 11.5 Å². The maximum atomic E-state index is 11.3. The standard InChI is InChI=1S/C23H28N2O4/c26-15-23(27)24-19-9-11-25(12-10-19)14-18-7-5-17(6-8-18)13-20-16-28-21-3-1-2-4-22(21)29-20/h1-8,19-20,26H,9-16H2,(H,24,27). The van der Waals surface area contributed by atoms with Crippen molar-refractivity contribution in [2.24, 2.45) is 0 Å². The summed E-state index contributed by atoms with van der Waals surface area (Å²) in [4.78, 5) is 13.7. The summed E-state index contributed by atoms with van der Waals surface area (Å²) in [5, 5.41) is 11.7. The molecule has 2 N–H and O–H groups in total. The van der Waals surface area contributed by atoms with Gasteiger partial charge in [-0.15, -0.1) is 0 Å². The van der Waals surface area contributed by atoms with Crippen LogP contribution in [0, 0.1) is 0 Å². The van der Waals surface area contributed by atoms with Gasteiger partial charge >= 0.3 is 0 Å². The van der Waals surface area contributed by atoms with Gasteiger partial charge in [0, 0.05) is 32.1 Å². The second-order valence-electron chi connectivity index (χ2n) is 7.79. The van der Waals surface area contributed by atoms with Crippen molar-refractivity contribution >= 4 is 5.91 Å². The Balaban J connectivity index is 1.24. The van der Waals surface area contributed by atoms with E-state index >= 15 is 0 Å². The Labute approximate surface area is 171 Å². The average Bonchev–Trinajstić information content (AvgIpc) is 2.76. The SMILES string of the molecule is O=C(CO)NC1CCN(Cc2ccc(CC3COc4ccccc4O3)cc2)CC1. The van der Waals surface area contributed by atoms with Gasteiger partial charge in [-0.05, 0) is 36.1 Å². The normalized spacial score (nSPS) is 19.7. The molecule has 154 valence electrons. The first-order valence-corrected chi connectivity index (χ1v) is 10.3. The predicted molar refractivity (Wildman–Crippen MR) is 110 cm³/mol. The lowest BCUT2D eigenvalue weighted by atomic mass is 10.0. The van der Waals surface area contributed by atoms with E-state index < -0.39 is 6.61 Å².